The molecule has 0 aromatic carbocycles. The van der Waals surface area contributed by atoms with Gasteiger partial charge in [0.2, 0.25) is 0 Å². The molecule has 0 fully saturated rings. The van der Waals surface area contributed by atoms with Gasteiger partial charge in [-0.25, -0.2) is 0 Å². The Kier molecular flexibility index (Phi) is 6.06. The first-order valence-corrected chi connectivity index (χ1v) is 5.06. The SMILES string of the molecule is OCC1C=CC=CO1.OCC1C=CC=CO1. The Morgan fingerprint density at radius 3 is 1.38 bits per heavy atom. The van der Waals surface area contributed by atoms with Gasteiger partial charge in [0.25, 0.3) is 0 Å². The highest BCUT2D eigenvalue weighted by Crippen LogP contribution is 2.00. The van der Waals surface area contributed by atoms with Crippen LogP contribution in [0, 0.1) is 0 Å². The number of allylic oxidation sites excluding steroid dienone is 4. The number of aliphatic hydroxyl groups excluding tert-OH is 2. The van der Waals surface area contributed by atoms with Crippen molar-refractivity contribution in [2.75, 3.05) is 13.2 Å². The zero-order chi connectivity index (χ0) is 11.6. The van der Waals surface area contributed by atoms with Crippen LogP contribution >= 0.6 is 0 Å². The number of hydrogen-bond donors (Lipinski definition) is 2. The van der Waals surface area contributed by atoms with Gasteiger partial charge in [-0.2, -0.15) is 0 Å². The average Bonchev–Trinajstić information content (AvgIpc) is 2.41. The van der Waals surface area contributed by atoms with Crippen molar-refractivity contribution in [1.29, 1.82) is 0 Å². The zero-order valence-electron chi connectivity index (χ0n) is 8.90. The molecule has 2 N–H and O–H groups in total. The first-order valence-electron chi connectivity index (χ1n) is 5.06. The van der Waals surface area contributed by atoms with E-state index in [1.165, 1.54) is 0 Å². The molecule has 0 aromatic heterocycles. The maximum absolute atomic E-state index is 8.48. The first-order chi connectivity index (χ1) is 7.86. The van der Waals surface area contributed by atoms with E-state index in [2.05, 4.69) is 0 Å². The van der Waals surface area contributed by atoms with Crippen LogP contribution in [-0.2, 0) is 9.47 Å². The predicted octanol–water partition coefficient (Wildman–Crippen LogP) is 0.895. The van der Waals surface area contributed by atoms with E-state index < -0.39 is 0 Å². The van der Waals surface area contributed by atoms with Gasteiger partial charge in [0.1, 0.15) is 12.2 Å². The molecule has 88 valence electrons. The lowest BCUT2D eigenvalue weighted by Crippen LogP contribution is -2.12. The van der Waals surface area contributed by atoms with E-state index in [1.807, 2.05) is 12.2 Å². The molecule has 0 spiro atoms. The highest BCUT2D eigenvalue weighted by molar-refractivity contribution is 5.07. The summed E-state index contributed by atoms with van der Waals surface area (Å²) < 4.78 is 9.82. The van der Waals surface area contributed by atoms with Crippen molar-refractivity contribution >= 4 is 0 Å². The lowest BCUT2D eigenvalue weighted by molar-refractivity contribution is 0.109. The standard InChI is InChI=1S/2C6H8O2/c2*7-5-6-3-1-2-4-8-6/h2*1-4,6-7H,5H2. The van der Waals surface area contributed by atoms with Crippen LogP contribution in [0.1, 0.15) is 0 Å². The molecule has 2 aliphatic heterocycles. The first kappa shape index (κ1) is 12.5. The summed E-state index contributed by atoms with van der Waals surface area (Å²) in [6, 6.07) is 0. The molecule has 0 amide bonds. The molecule has 2 heterocycles. The van der Waals surface area contributed by atoms with Gasteiger partial charge in [0.05, 0.1) is 25.7 Å². The van der Waals surface area contributed by atoms with Crippen molar-refractivity contribution in [3.05, 3.63) is 49.0 Å². The third kappa shape index (κ3) is 4.82. The summed E-state index contributed by atoms with van der Waals surface area (Å²) in [7, 11) is 0. The van der Waals surface area contributed by atoms with Crippen LogP contribution in [0.25, 0.3) is 0 Å². The summed E-state index contributed by atoms with van der Waals surface area (Å²) in [5, 5.41) is 17.0. The van der Waals surface area contributed by atoms with Gasteiger partial charge in [0, 0.05) is 0 Å². The normalized spacial score (nSPS) is 25.4. The maximum atomic E-state index is 8.48. The second-order valence-electron chi connectivity index (χ2n) is 3.14. The van der Waals surface area contributed by atoms with E-state index in [4.69, 9.17) is 19.7 Å². The third-order valence-electron chi connectivity index (χ3n) is 1.90. The molecule has 2 atom stereocenters. The molecule has 0 radical (unpaired) electrons. The van der Waals surface area contributed by atoms with Crippen LogP contribution < -0.4 is 0 Å². The van der Waals surface area contributed by atoms with Gasteiger partial charge >= 0.3 is 0 Å². The summed E-state index contributed by atoms with van der Waals surface area (Å²) in [6.07, 6.45) is 13.8. The van der Waals surface area contributed by atoms with Gasteiger partial charge < -0.3 is 19.7 Å². The third-order valence-corrected chi connectivity index (χ3v) is 1.90. The Balaban J connectivity index is 0.000000160. The minimum atomic E-state index is -0.125. The summed E-state index contributed by atoms with van der Waals surface area (Å²) in [6.45, 7) is 0.113. The lowest BCUT2D eigenvalue weighted by atomic mass is 10.3. The van der Waals surface area contributed by atoms with Crippen molar-refractivity contribution < 1.29 is 19.7 Å². The summed E-state index contributed by atoms with van der Waals surface area (Å²) in [5.74, 6) is 0. The molecular weight excluding hydrogens is 208 g/mol. The summed E-state index contributed by atoms with van der Waals surface area (Å²) >= 11 is 0. The number of aliphatic hydroxyl groups is 2. The van der Waals surface area contributed by atoms with E-state index in [0.717, 1.165) is 0 Å². The highest BCUT2D eigenvalue weighted by Gasteiger charge is 2.01. The fourth-order valence-electron chi connectivity index (χ4n) is 1.06. The van der Waals surface area contributed by atoms with Crippen LogP contribution in [0.3, 0.4) is 0 Å². The number of hydrogen-bond acceptors (Lipinski definition) is 4. The van der Waals surface area contributed by atoms with E-state index >= 15 is 0 Å². The molecule has 0 saturated carbocycles. The van der Waals surface area contributed by atoms with E-state index in [1.54, 1.807) is 36.8 Å². The second-order valence-corrected chi connectivity index (χ2v) is 3.14. The van der Waals surface area contributed by atoms with Crippen LogP contribution in [0.15, 0.2) is 49.0 Å². The number of ether oxygens (including phenoxy) is 2. The Morgan fingerprint density at radius 1 is 0.750 bits per heavy atom. The highest BCUT2D eigenvalue weighted by atomic mass is 16.5. The molecular formula is C12H16O4. The molecule has 0 saturated heterocycles. The monoisotopic (exact) mass is 224 g/mol. The van der Waals surface area contributed by atoms with Crippen LogP contribution in [0.2, 0.25) is 0 Å². The van der Waals surface area contributed by atoms with Gasteiger partial charge in [0.15, 0.2) is 0 Å². The van der Waals surface area contributed by atoms with Gasteiger partial charge in [-0.15, -0.1) is 0 Å². The molecule has 4 nitrogen and oxygen atoms in total. The zero-order valence-corrected chi connectivity index (χ0v) is 8.90. The fourth-order valence-corrected chi connectivity index (χ4v) is 1.06. The van der Waals surface area contributed by atoms with E-state index in [9.17, 15) is 0 Å². The lowest BCUT2D eigenvalue weighted by Gasteiger charge is -2.10. The average molecular weight is 224 g/mol. The topological polar surface area (TPSA) is 58.9 Å². The minimum Gasteiger partial charge on any atom is -0.492 e. The molecule has 4 heteroatoms. The van der Waals surface area contributed by atoms with Crippen LogP contribution in [-0.4, -0.2) is 35.6 Å². The van der Waals surface area contributed by atoms with Crippen LogP contribution in [0.5, 0.6) is 0 Å². The minimum absolute atomic E-state index is 0.0564. The molecule has 0 bridgehead atoms. The predicted molar refractivity (Wildman–Crippen MR) is 60.5 cm³/mol. The summed E-state index contributed by atoms with van der Waals surface area (Å²) in [5.41, 5.74) is 0. The van der Waals surface area contributed by atoms with Crippen molar-refractivity contribution in [1.82, 2.24) is 0 Å². The van der Waals surface area contributed by atoms with Crippen molar-refractivity contribution in [2.45, 2.75) is 12.2 Å². The largest absolute Gasteiger partial charge is 0.492 e. The Morgan fingerprint density at radius 2 is 1.19 bits per heavy atom. The smallest absolute Gasteiger partial charge is 0.139 e. The summed E-state index contributed by atoms with van der Waals surface area (Å²) in [4.78, 5) is 0. The quantitative estimate of drug-likeness (QED) is 0.731. The fraction of sp³-hybridized carbons (Fsp3) is 0.333. The Hall–Kier alpha value is -1.52. The molecule has 0 aliphatic carbocycles. The second kappa shape index (κ2) is 7.73. The molecule has 16 heavy (non-hydrogen) atoms. The van der Waals surface area contributed by atoms with Crippen molar-refractivity contribution in [3.63, 3.8) is 0 Å². The van der Waals surface area contributed by atoms with Gasteiger partial charge in [-0.05, 0) is 24.3 Å². The Labute approximate surface area is 94.8 Å². The van der Waals surface area contributed by atoms with Crippen molar-refractivity contribution in [3.8, 4) is 0 Å². The Bertz CT molecular complexity index is 261. The van der Waals surface area contributed by atoms with E-state index in [0.29, 0.717) is 0 Å². The molecule has 2 unspecified atom stereocenters. The molecule has 2 rings (SSSR count). The van der Waals surface area contributed by atoms with Crippen LogP contribution in [0.4, 0.5) is 0 Å². The van der Waals surface area contributed by atoms with Crippen molar-refractivity contribution in [2.24, 2.45) is 0 Å². The molecule has 2 aliphatic rings. The van der Waals surface area contributed by atoms with E-state index in [-0.39, 0.29) is 25.4 Å². The molecule has 0 aromatic rings. The number of rotatable bonds is 2. The maximum Gasteiger partial charge on any atom is 0.139 e. The van der Waals surface area contributed by atoms with Gasteiger partial charge in [-0.3, -0.25) is 0 Å². The van der Waals surface area contributed by atoms with Gasteiger partial charge in [-0.1, -0.05) is 12.2 Å².